The molecule has 0 aliphatic carbocycles. The SMILES string of the molecule is CSCCNC(=NCc1ccc(OC(C)(C)C)nc1)NCCc1ccco1. The third-order valence-corrected chi connectivity index (χ3v) is 4.08. The average molecular weight is 391 g/mol. The second-order valence-corrected chi connectivity index (χ2v) is 8.05. The molecule has 2 rings (SSSR count). The van der Waals surface area contributed by atoms with Crippen molar-refractivity contribution in [2.45, 2.75) is 39.3 Å². The second-order valence-electron chi connectivity index (χ2n) is 7.06. The van der Waals surface area contributed by atoms with E-state index in [0.29, 0.717) is 12.4 Å². The van der Waals surface area contributed by atoms with E-state index in [1.807, 2.05) is 51.2 Å². The van der Waals surface area contributed by atoms with Gasteiger partial charge in [0, 0.05) is 37.5 Å². The van der Waals surface area contributed by atoms with Crippen LogP contribution in [0.15, 0.2) is 46.1 Å². The third kappa shape index (κ3) is 8.86. The molecule has 7 heteroatoms. The molecule has 2 aromatic heterocycles. The minimum atomic E-state index is -0.251. The fourth-order valence-corrected chi connectivity index (χ4v) is 2.56. The lowest BCUT2D eigenvalue weighted by Gasteiger charge is -2.20. The van der Waals surface area contributed by atoms with E-state index < -0.39 is 0 Å². The van der Waals surface area contributed by atoms with Gasteiger partial charge in [-0.15, -0.1) is 0 Å². The molecule has 0 saturated carbocycles. The van der Waals surface area contributed by atoms with Gasteiger partial charge in [-0.05, 0) is 44.7 Å². The van der Waals surface area contributed by atoms with Crippen molar-refractivity contribution in [1.29, 1.82) is 0 Å². The molecule has 0 radical (unpaired) electrons. The molecule has 0 saturated heterocycles. The molecule has 0 aliphatic rings. The number of furan rings is 1. The molecule has 0 amide bonds. The van der Waals surface area contributed by atoms with Crippen molar-refractivity contribution in [2.24, 2.45) is 4.99 Å². The summed E-state index contributed by atoms with van der Waals surface area (Å²) in [6, 6.07) is 7.77. The highest BCUT2D eigenvalue weighted by Crippen LogP contribution is 2.15. The van der Waals surface area contributed by atoms with Gasteiger partial charge in [0.15, 0.2) is 5.96 Å². The van der Waals surface area contributed by atoms with Crippen LogP contribution in [0.5, 0.6) is 5.88 Å². The fraction of sp³-hybridized carbons (Fsp3) is 0.500. The monoisotopic (exact) mass is 390 g/mol. The Kier molecular flexibility index (Phi) is 8.51. The van der Waals surface area contributed by atoms with Crippen LogP contribution < -0.4 is 15.4 Å². The topological polar surface area (TPSA) is 71.7 Å². The number of rotatable bonds is 9. The molecule has 0 fully saturated rings. The highest BCUT2D eigenvalue weighted by molar-refractivity contribution is 7.98. The van der Waals surface area contributed by atoms with Gasteiger partial charge in [-0.2, -0.15) is 11.8 Å². The summed E-state index contributed by atoms with van der Waals surface area (Å²) in [5, 5.41) is 6.71. The quantitative estimate of drug-likeness (QED) is 0.388. The van der Waals surface area contributed by atoms with Gasteiger partial charge in [0.1, 0.15) is 11.4 Å². The summed E-state index contributed by atoms with van der Waals surface area (Å²) in [5.74, 6) is 3.42. The smallest absolute Gasteiger partial charge is 0.213 e. The average Bonchev–Trinajstić information content (AvgIpc) is 3.13. The van der Waals surface area contributed by atoms with Crippen molar-refractivity contribution in [3.8, 4) is 5.88 Å². The fourth-order valence-electron chi connectivity index (χ4n) is 2.25. The first-order valence-corrected chi connectivity index (χ1v) is 10.5. The molecule has 0 aliphatic heterocycles. The highest BCUT2D eigenvalue weighted by Gasteiger charge is 2.12. The van der Waals surface area contributed by atoms with Gasteiger partial charge in [0.05, 0.1) is 12.8 Å². The second kappa shape index (κ2) is 10.9. The Labute approximate surface area is 166 Å². The summed E-state index contributed by atoms with van der Waals surface area (Å²) in [6.07, 6.45) is 6.42. The molecule has 148 valence electrons. The van der Waals surface area contributed by atoms with E-state index in [1.165, 1.54) is 0 Å². The summed E-state index contributed by atoms with van der Waals surface area (Å²) in [7, 11) is 0. The summed E-state index contributed by atoms with van der Waals surface area (Å²) < 4.78 is 11.1. The molecule has 2 aromatic rings. The number of nitrogens with zero attached hydrogens (tertiary/aromatic N) is 2. The molecular formula is C20H30N4O2S. The van der Waals surface area contributed by atoms with Gasteiger partial charge in [0.2, 0.25) is 5.88 Å². The third-order valence-electron chi connectivity index (χ3n) is 3.47. The number of nitrogens with one attached hydrogen (secondary N) is 2. The van der Waals surface area contributed by atoms with Crippen LogP contribution in [-0.4, -0.2) is 41.6 Å². The molecule has 0 unspecified atom stereocenters. The van der Waals surface area contributed by atoms with E-state index in [2.05, 4.69) is 26.9 Å². The Morgan fingerprint density at radius 2 is 2.04 bits per heavy atom. The van der Waals surface area contributed by atoms with E-state index in [-0.39, 0.29) is 5.60 Å². The number of aliphatic imine (C=N–C) groups is 1. The zero-order chi connectivity index (χ0) is 19.5. The Morgan fingerprint density at radius 1 is 1.22 bits per heavy atom. The highest BCUT2D eigenvalue weighted by atomic mass is 32.2. The molecule has 0 spiro atoms. The van der Waals surface area contributed by atoms with Crippen LogP contribution in [0.4, 0.5) is 0 Å². The van der Waals surface area contributed by atoms with Crippen LogP contribution in [0.3, 0.4) is 0 Å². The number of pyridine rings is 1. The predicted octanol–water partition coefficient (Wildman–Crippen LogP) is 3.49. The maximum absolute atomic E-state index is 5.75. The van der Waals surface area contributed by atoms with Crippen LogP contribution in [0, 0.1) is 0 Å². The van der Waals surface area contributed by atoms with Crippen molar-refractivity contribution in [2.75, 3.05) is 25.1 Å². The molecule has 2 heterocycles. The van der Waals surface area contributed by atoms with E-state index in [1.54, 1.807) is 18.0 Å². The van der Waals surface area contributed by atoms with Crippen molar-refractivity contribution in [3.05, 3.63) is 48.0 Å². The lowest BCUT2D eigenvalue weighted by atomic mass is 10.2. The molecule has 0 aromatic carbocycles. The molecule has 2 N–H and O–H groups in total. The number of hydrogen-bond donors (Lipinski definition) is 2. The van der Waals surface area contributed by atoms with E-state index >= 15 is 0 Å². The Balaban J connectivity index is 1.89. The van der Waals surface area contributed by atoms with Crippen molar-refractivity contribution < 1.29 is 9.15 Å². The van der Waals surface area contributed by atoms with Gasteiger partial charge >= 0.3 is 0 Å². The number of hydrogen-bond acceptors (Lipinski definition) is 5. The summed E-state index contributed by atoms with van der Waals surface area (Å²) in [5.41, 5.74) is 0.784. The zero-order valence-electron chi connectivity index (χ0n) is 16.6. The number of aromatic nitrogens is 1. The molecule has 27 heavy (non-hydrogen) atoms. The van der Waals surface area contributed by atoms with Gasteiger partial charge in [0.25, 0.3) is 0 Å². The van der Waals surface area contributed by atoms with Crippen molar-refractivity contribution >= 4 is 17.7 Å². The lowest BCUT2D eigenvalue weighted by molar-refractivity contribution is 0.124. The first-order chi connectivity index (χ1) is 13.0. The summed E-state index contributed by atoms with van der Waals surface area (Å²) in [6.45, 7) is 8.20. The van der Waals surface area contributed by atoms with Gasteiger partial charge in [-0.25, -0.2) is 9.98 Å². The number of guanidine groups is 1. The number of ether oxygens (including phenoxy) is 1. The van der Waals surface area contributed by atoms with Gasteiger partial charge < -0.3 is 19.8 Å². The minimum absolute atomic E-state index is 0.251. The largest absolute Gasteiger partial charge is 0.472 e. The Hall–Kier alpha value is -2.15. The van der Waals surface area contributed by atoms with Crippen LogP contribution in [0.25, 0.3) is 0 Å². The van der Waals surface area contributed by atoms with Crippen LogP contribution in [-0.2, 0) is 13.0 Å². The molecule has 6 nitrogen and oxygen atoms in total. The first-order valence-electron chi connectivity index (χ1n) is 9.14. The predicted molar refractivity (Wildman–Crippen MR) is 113 cm³/mol. The molecular weight excluding hydrogens is 360 g/mol. The van der Waals surface area contributed by atoms with Gasteiger partial charge in [-0.1, -0.05) is 6.07 Å². The zero-order valence-corrected chi connectivity index (χ0v) is 17.4. The summed E-state index contributed by atoms with van der Waals surface area (Å²) >= 11 is 1.80. The van der Waals surface area contributed by atoms with Crippen molar-refractivity contribution in [1.82, 2.24) is 15.6 Å². The van der Waals surface area contributed by atoms with E-state index in [9.17, 15) is 0 Å². The van der Waals surface area contributed by atoms with Gasteiger partial charge in [-0.3, -0.25) is 0 Å². The van der Waals surface area contributed by atoms with Crippen LogP contribution >= 0.6 is 11.8 Å². The van der Waals surface area contributed by atoms with E-state index in [4.69, 9.17) is 9.15 Å². The normalized spacial score (nSPS) is 12.1. The standard InChI is InChI=1S/C20H30N4O2S/c1-20(2,3)26-18-8-7-16(14-23-18)15-24-19(22-11-13-27-4)21-10-9-17-6-5-12-25-17/h5-8,12,14H,9-11,13,15H2,1-4H3,(H2,21,22,24). The minimum Gasteiger partial charge on any atom is -0.472 e. The Morgan fingerprint density at radius 3 is 2.67 bits per heavy atom. The van der Waals surface area contributed by atoms with Crippen molar-refractivity contribution in [3.63, 3.8) is 0 Å². The molecule has 0 bridgehead atoms. The van der Waals surface area contributed by atoms with Crippen LogP contribution in [0.2, 0.25) is 0 Å². The Bertz CT molecular complexity index is 679. The van der Waals surface area contributed by atoms with E-state index in [0.717, 1.165) is 42.5 Å². The van der Waals surface area contributed by atoms with Crippen LogP contribution in [0.1, 0.15) is 32.1 Å². The first kappa shape index (κ1) is 21.2. The summed E-state index contributed by atoms with van der Waals surface area (Å²) in [4.78, 5) is 9.03. The molecule has 0 atom stereocenters. The number of thioether (sulfide) groups is 1. The maximum atomic E-state index is 5.75. The lowest BCUT2D eigenvalue weighted by Crippen LogP contribution is -2.39. The maximum Gasteiger partial charge on any atom is 0.213 e.